The van der Waals surface area contributed by atoms with E-state index in [2.05, 4.69) is 27.7 Å². The maximum atomic E-state index is 12.4. The first kappa shape index (κ1) is 20.6. The number of hydrogen-bond donors (Lipinski definition) is 0. The minimum Gasteiger partial charge on any atom is -0.493 e. The highest BCUT2D eigenvalue weighted by molar-refractivity contribution is 5.84. The van der Waals surface area contributed by atoms with Crippen molar-refractivity contribution in [2.75, 3.05) is 20.8 Å². The van der Waals surface area contributed by atoms with Crippen LogP contribution >= 0.6 is 0 Å². The molecule has 0 saturated carbocycles. The number of hydrogen-bond acceptors (Lipinski definition) is 6. The van der Waals surface area contributed by atoms with E-state index in [1.807, 2.05) is 42.2 Å². The van der Waals surface area contributed by atoms with Gasteiger partial charge in [0.2, 0.25) is 5.91 Å². The van der Waals surface area contributed by atoms with Gasteiger partial charge in [-0.25, -0.2) is 0 Å². The lowest BCUT2D eigenvalue weighted by Gasteiger charge is -2.22. The van der Waals surface area contributed by atoms with E-state index in [1.165, 1.54) is 0 Å². The zero-order valence-corrected chi connectivity index (χ0v) is 18.1. The summed E-state index contributed by atoms with van der Waals surface area (Å²) < 4.78 is 12.4. The maximum absolute atomic E-state index is 12.4. The lowest BCUT2D eigenvalue weighted by Crippen LogP contribution is -2.30. The predicted octanol–water partition coefficient (Wildman–Crippen LogP) is 3.19. The average Bonchev–Trinajstić information content (AvgIpc) is 3.26. The van der Waals surface area contributed by atoms with Gasteiger partial charge in [-0.2, -0.15) is 4.52 Å². The minimum atomic E-state index is -0.00422. The smallest absolute Gasteiger partial charge is 0.219 e. The molecule has 8 nitrogen and oxygen atoms in total. The van der Waals surface area contributed by atoms with Crippen LogP contribution in [0.4, 0.5) is 0 Å². The third-order valence-corrected chi connectivity index (χ3v) is 5.42. The number of carbonyl (C=O) groups excluding carboxylic acids is 1. The van der Waals surface area contributed by atoms with E-state index in [9.17, 15) is 4.79 Å². The van der Waals surface area contributed by atoms with Crippen molar-refractivity contribution in [1.82, 2.24) is 24.9 Å². The molecule has 0 N–H and O–H groups in total. The van der Waals surface area contributed by atoms with Gasteiger partial charge >= 0.3 is 0 Å². The fourth-order valence-electron chi connectivity index (χ4n) is 3.75. The molecule has 0 aliphatic heterocycles. The summed E-state index contributed by atoms with van der Waals surface area (Å²) in [7, 11) is 3.23. The molecule has 4 aromatic rings. The molecule has 4 rings (SSSR count). The number of carbonyl (C=O) groups is 1. The normalized spacial score (nSPS) is 11.1. The van der Waals surface area contributed by atoms with Crippen LogP contribution in [0.3, 0.4) is 0 Å². The van der Waals surface area contributed by atoms with Crippen molar-refractivity contribution in [3.8, 4) is 11.5 Å². The molecule has 2 aromatic heterocycles. The fourth-order valence-corrected chi connectivity index (χ4v) is 3.75. The number of nitrogens with zero attached hydrogens (tertiary/aromatic N) is 5. The number of tetrazole rings is 1. The molecule has 0 aliphatic rings. The largest absolute Gasteiger partial charge is 0.493 e. The summed E-state index contributed by atoms with van der Waals surface area (Å²) in [6, 6.07) is 14.0. The standard InChI is InChI=1S/C23H25N5O3/c1-15-5-7-20-18(11-15)13-19(23-24-25-26-28(20)23)14-27(16(2)29)10-9-17-6-8-21(30-3)22(12-17)31-4/h5-8,11-13H,9-10,14H2,1-4H3. The van der Waals surface area contributed by atoms with Crippen LogP contribution in [0.1, 0.15) is 23.6 Å². The van der Waals surface area contributed by atoms with Gasteiger partial charge in [-0.1, -0.05) is 17.7 Å². The second-order valence-electron chi connectivity index (χ2n) is 7.53. The summed E-state index contributed by atoms with van der Waals surface area (Å²) in [4.78, 5) is 14.2. The highest BCUT2D eigenvalue weighted by atomic mass is 16.5. The van der Waals surface area contributed by atoms with Crippen LogP contribution in [0.15, 0.2) is 42.5 Å². The number of benzene rings is 2. The van der Waals surface area contributed by atoms with Crippen molar-refractivity contribution in [2.45, 2.75) is 26.8 Å². The molecule has 0 spiro atoms. The molecule has 0 saturated heterocycles. The Morgan fingerprint density at radius 2 is 1.87 bits per heavy atom. The number of amides is 1. The van der Waals surface area contributed by atoms with E-state index in [4.69, 9.17) is 9.47 Å². The zero-order chi connectivity index (χ0) is 22.0. The summed E-state index contributed by atoms with van der Waals surface area (Å²) in [5.41, 5.74) is 4.73. The van der Waals surface area contributed by atoms with Crippen molar-refractivity contribution in [3.05, 3.63) is 59.2 Å². The summed E-state index contributed by atoms with van der Waals surface area (Å²) in [5, 5.41) is 13.2. The first-order valence-electron chi connectivity index (χ1n) is 10.1. The number of fused-ring (bicyclic) bond motifs is 3. The summed E-state index contributed by atoms with van der Waals surface area (Å²) in [5.74, 6) is 1.36. The van der Waals surface area contributed by atoms with Crippen LogP contribution in [0.2, 0.25) is 0 Å². The quantitative estimate of drug-likeness (QED) is 0.458. The van der Waals surface area contributed by atoms with Crippen molar-refractivity contribution >= 4 is 22.5 Å². The van der Waals surface area contributed by atoms with Gasteiger partial charge in [-0.3, -0.25) is 4.79 Å². The van der Waals surface area contributed by atoms with Gasteiger partial charge in [-0.05, 0) is 59.7 Å². The molecule has 0 fully saturated rings. The van der Waals surface area contributed by atoms with Crippen molar-refractivity contribution in [3.63, 3.8) is 0 Å². The monoisotopic (exact) mass is 419 g/mol. The van der Waals surface area contributed by atoms with E-state index in [0.29, 0.717) is 36.7 Å². The van der Waals surface area contributed by atoms with Crippen LogP contribution in [0.5, 0.6) is 11.5 Å². The fraction of sp³-hybridized carbons (Fsp3) is 0.304. The van der Waals surface area contributed by atoms with Crippen molar-refractivity contribution in [1.29, 1.82) is 0 Å². The number of methoxy groups -OCH3 is 2. The molecule has 0 bridgehead atoms. The molecule has 1 amide bonds. The number of aryl methyl sites for hydroxylation is 1. The van der Waals surface area contributed by atoms with Crippen LogP contribution in [0, 0.1) is 6.92 Å². The Bertz CT molecular complexity index is 1250. The van der Waals surface area contributed by atoms with Gasteiger partial charge < -0.3 is 14.4 Å². The Labute approximate surface area is 180 Å². The lowest BCUT2D eigenvalue weighted by atomic mass is 10.1. The van der Waals surface area contributed by atoms with Gasteiger partial charge in [0.25, 0.3) is 0 Å². The molecule has 0 aliphatic carbocycles. The molecule has 0 unspecified atom stereocenters. The molecular formula is C23H25N5O3. The molecule has 2 aromatic carbocycles. The first-order valence-corrected chi connectivity index (χ1v) is 10.1. The molecule has 2 heterocycles. The van der Waals surface area contributed by atoms with Crippen LogP contribution in [0.25, 0.3) is 16.6 Å². The molecule has 31 heavy (non-hydrogen) atoms. The zero-order valence-electron chi connectivity index (χ0n) is 18.1. The second-order valence-corrected chi connectivity index (χ2v) is 7.53. The Kier molecular flexibility index (Phi) is 5.70. The highest BCUT2D eigenvalue weighted by Gasteiger charge is 2.16. The van der Waals surface area contributed by atoms with Crippen LogP contribution in [-0.2, 0) is 17.8 Å². The van der Waals surface area contributed by atoms with Gasteiger partial charge in [0.05, 0.1) is 19.7 Å². The predicted molar refractivity (Wildman–Crippen MR) is 117 cm³/mol. The maximum Gasteiger partial charge on any atom is 0.219 e. The van der Waals surface area contributed by atoms with Gasteiger partial charge in [0.15, 0.2) is 17.1 Å². The Hall–Kier alpha value is -3.68. The van der Waals surface area contributed by atoms with E-state index < -0.39 is 0 Å². The number of ether oxygens (including phenoxy) is 2. The Balaban J connectivity index is 1.60. The van der Waals surface area contributed by atoms with E-state index in [-0.39, 0.29) is 5.91 Å². The van der Waals surface area contributed by atoms with Gasteiger partial charge in [0, 0.05) is 31.0 Å². The topological polar surface area (TPSA) is 81.9 Å². The number of pyridine rings is 1. The lowest BCUT2D eigenvalue weighted by molar-refractivity contribution is -0.129. The number of rotatable bonds is 7. The molecular weight excluding hydrogens is 394 g/mol. The highest BCUT2D eigenvalue weighted by Crippen LogP contribution is 2.28. The second kappa shape index (κ2) is 8.59. The summed E-state index contributed by atoms with van der Waals surface area (Å²) in [6.45, 7) is 4.62. The molecule has 160 valence electrons. The summed E-state index contributed by atoms with van der Waals surface area (Å²) in [6.07, 6.45) is 0.688. The third kappa shape index (κ3) is 4.14. The molecule has 0 atom stereocenters. The van der Waals surface area contributed by atoms with E-state index in [0.717, 1.165) is 27.6 Å². The number of aromatic nitrogens is 4. The average molecular weight is 419 g/mol. The summed E-state index contributed by atoms with van der Waals surface area (Å²) >= 11 is 0. The molecule has 8 heteroatoms. The Morgan fingerprint density at radius 3 is 2.61 bits per heavy atom. The van der Waals surface area contributed by atoms with E-state index in [1.54, 1.807) is 25.7 Å². The van der Waals surface area contributed by atoms with Crippen LogP contribution < -0.4 is 9.47 Å². The SMILES string of the molecule is COc1ccc(CCN(Cc2cc3cc(C)ccc3n3nnnc23)C(C)=O)cc1OC. The molecule has 0 radical (unpaired) electrons. The first-order chi connectivity index (χ1) is 15.0. The Morgan fingerprint density at radius 1 is 1.06 bits per heavy atom. The van der Waals surface area contributed by atoms with Crippen molar-refractivity contribution in [2.24, 2.45) is 0 Å². The third-order valence-electron chi connectivity index (χ3n) is 5.42. The minimum absolute atomic E-state index is 0.00422. The van der Waals surface area contributed by atoms with Crippen molar-refractivity contribution < 1.29 is 14.3 Å². The van der Waals surface area contributed by atoms with Gasteiger partial charge in [0.1, 0.15) is 0 Å². The van der Waals surface area contributed by atoms with Gasteiger partial charge in [-0.15, -0.1) is 5.10 Å². The van der Waals surface area contributed by atoms with E-state index >= 15 is 0 Å². The van der Waals surface area contributed by atoms with Crippen LogP contribution in [-0.4, -0.2) is 51.6 Å².